The van der Waals surface area contributed by atoms with Crippen LogP contribution < -0.4 is 16.2 Å². The predicted octanol–water partition coefficient (Wildman–Crippen LogP) is 0.653. The molecule has 2 rings (SSSR count). The van der Waals surface area contributed by atoms with Gasteiger partial charge in [-0.25, -0.2) is 0 Å². The topological polar surface area (TPSA) is 91.1 Å². The van der Waals surface area contributed by atoms with Gasteiger partial charge in [-0.3, -0.25) is 14.4 Å². The van der Waals surface area contributed by atoms with Gasteiger partial charge in [-0.05, 0) is 32.9 Å². The lowest BCUT2D eigenvalue weighted by atomic mass is 9.93. The lowest BCUT2D eigenvalue weighted by Crippen LogP contribution is -2.39. The van der Waals surface area contributed by atoms with Crippen molar-refractivity contribution in [2.75, 3.05) is 13.6 Å². The summed E-state index contributed by atoms with van der Waals surface area (Å²) in [4.78, 5) is 38.4. The van der Waals surface area contributed by atoms with Gasteiger partial charge in [-0.2, -0.15) is 0 Å². The number of Topliss-reactive ketones (excluding diaryl/α,β-unsaturated/α-hetero) is 1. The molecule has 1 amide bonds. The quantitative estimate of drug-likeness (QED) is 0.761. The van der Waals surface area contributed by atoms with Crippen LogP contribution in [0.25, 0.3) is 0 Å². The van der Waals surface area contributed by atoms with Gasteiger partial charge in [0.2, 0.25) is 0 Å². The van der Waals surface area contributed by atoms with Crippen LogP contribution in [-0.4, -0.2) is 36.3 Å². The zero-order valence-corrected chi connectivity index (χ0v) is 12.9. The second-order valence-corrected chi connectivity index (χ2v) is 5.08. The molecule has 7 heteroatoms. The van der Waals surface area contributed by atoms with Crippen LogP contribution in [0.3, 0.4) is 0 Å². The normalized spacial score (nSPS) is 14.9. The molecule has 1 atom stereocenters. The molecule has 1 unspecified atom stereocenters. The van der Waals surface area contributed by atoms with Crippen molar-refractivity contribution >= 4 is 24.1 Å². The third-order valence-corrected chi connectivity index (χ3v) is 3.56. The van der Waals surface area contributed by atoms with Crippen molar-refractivity contribution in [3.05, 3.63) is 33.2 Å². The van der Waals surface area contributed by atoms with E-state index in [2.05, 4.69) is 15.6 Å². The molecule has 3 N–H and O–H groups in total. The van der Waals surface area contributed by atoms with E-state index in [1.165, 1.54) is 6.07 Å². The van der Waals surface area contributed by atoms with Gasteiger partial charge in [0.15, 0.2) is 5.78 Å². The second-order valence-electron chi connectivity index (χ2n) is 5.08. The molecular formula is C14H20ClN3O3. The largest absolute Gasteiger partial charge is 0.350 e. The van der Waals surface area contributed by atoms with Crippen molar-refractivity contribution in [3.63, 3.8) is 0 Å². The predicted molar refractivity (Wildman–Crippen MR) is 82.4 cm³/mol. The molecule has 0 saturated heterocycles. The van der Waals surface area contributed by atoms with Crippen LogP contribution in [0.2, 0.25) is 0 Å². The van der Waals surface area contributed by atoms with Gasteiger partial charge in [0.05, 0.1) is 0 Å². The molecule has 0 fully saturated rings. The Balaban J connectivity index is 0.00000220. The molecule has 0 bridgehead atoms. The van der Waals surface area contributed by atoms with Gasteiger partial charge in [-0.1, -0.05) is 0 Å². The fourth-order valence-electron chi connectivity index (χ4n) is 2.19. The number of aryl methyl sites for hydroxylation is 1. The number of hydrogen-bond acceptors (Lipinski definition) is 4. The van der Waals surface area contributed by atoms with Crippen molar-refractivity contribution in [2.45, 2.75) is 32.2 Å². The number of likely N-dealkylation sites (N-methyl/N-ethyl adjacent to an activating group) is 1. The number of ketones is 1. The van der Waals surface area contributed by atoms with Crippen molar-refractivity contribution in [3.8, 4) is 0 Å². The lowest BCUT2D eigenvalue weighted by Gasteiger charge is -2.15. The molecule has 1 aliphatic carbocycles. The number of aromatic amines is 1. The minimum Gasteiger partial charge on any atom is -0.350 e. The number of fused-ring (bicyclic) bond motifs is 1. The fraction of sp³-hybridized carbons (Fsp3) is 0.500. The van der Waals surface area contributed by atoms with E-state index in [4.69, 9.17) is 0 Å². The summed E-state index contributed by atoms with van der Waals surface area (Å²) in [6, 6.07) is 1.53. The van der Waals surface area contributed by atoms with E-state index in [9.17, 15) is 14.4 Å². The average molecular weight is 314 g/mol. The first-order valence-electron chi connectivity index (χ1n) is 6.77. The van der Waals surface area contributed by atoms with Crippen LogP contribution in [-0.2, 0) is 6.42 Å². The Bertz CT molecular complexity index is 598. The van der Waals surface area contributed by atoms with E-state index in [0.717, 1.165) is 6.42 Å². The minimum absolute atomic E-state index is 0. The van der Waals surface area contributed by atoms with Gasteiger partial charge in [0, 0.05) is 30.3 Å². The molecule has 1 aromatic rings. The molecule has 0 aliphatic heterocycles. The first kappa shape index (κ1) is 17.4. The number of pyridine rings is 1. The molecule has 0 aromatic carbocycles. The van der Waals surface area contributed by atoms with E-state index < -0.39 is 11.5 Å². The van der Waals surface area contributed by atoms with Gasteiger partial charge >= 0.3 is 0 Å². The molecule has 1 aromatic heterocycles. The van der Waals surface area contributed by atoms with Gasteiger partial charge < -0.3 is 15.6 Å². The van der Waals surface area contributed by atoms with Crippen LogP contribution in [0, 0.1) is 0 Å². The molecule has 1 aliphatic rings. The van der Waals surface area contributed by atoms with Crippen LogP contribution in [0.15, 0.2) is 10.9 Å². The maximum Gasteiger partial charge on any atom is 0.261 e. The molecule has 1 heterocycles. The summed E-state index contributed by atoms with van der Waals surface area (Å²) in [5.74, 6) is -0.463. The van der Waals surface area contributed by atoms with Crippen molar-refractivity contribution in [1.82, 2.24) is 15.6 Å². The van der Waals surface area contributed by atoms with E-state index in [0.29, 0.717) is 30.6 Å². The summed E-state index contributed by atoms with van der Waals surface area (Å²) >= 11 is 0. The van der Waals surface area contributed by atoms with E-state index >= 15 is 0 Å². The Kier molecular flexibility index (Phi) is 6.11. The summed E-state index contributed by atoms with van der Waals surface area (Å²) in [7, 11) is 1.79. The molecule has 6 nitrogen and oxygen atoms in total. The fourth-order valence-corrected chi connectivity index (χ4v) is 2.19. The van der Waals surface area contributed by atoms with E-state index in [1.807, 2.05) is 6.92 Å². The Morgan fingerprint density at radius 1 is 1.38 bits per heavy atom. The Morgan fingerprint density at radius 2 is 2.10 bits per heavy atom. The maximum absolute atomic E-state index is 12.0. The summed E-state index contributed by atoms with van der Waals surface area (Å²) < 4.78 is 0. The third-order valence-electron chi connectivity index (χ3n) is 3.56. The standard InChI is InChI=1S/C14H19N3O3.ClH/c1-8(15-2)7-16-13(19)10-6-9-11(17-14(10)20)4-3-5-12(9)18;/h6,8,15H,3-5,7H2,1-2H3,(H,16,19)(H,17,20);1H. The Hall–Kier alpha value is -1.66. The number of aromatic nitrogens is 1. The first-order valence-corrected chi connectivity index (χ1v) is 6.77. The first-order chi connectivity index (χ1) is 9.52. The number of nitrogens with one attached hydrogen (secondary N) is 3. The molecule has 0 saturated carbocycles. The zero-order chi connectivity index (χ0) is 14.7. The second kappa shape index (κ2) is 7.38. The van der Waals surface area contributed by atoms with E-state index in [1.54, 1.807) is 7.05 Å². The third kappa shape index (κ3) is 3.92. The summed E-state index contributed by atoms with van der Waals surface area (Å²) in [5.41, 5.74) is 0.685. The van der Waals surface area contributed by atoms with Crippen LogP contribution in [0.1, 0.15) is 46.2 Å². The zero-order valence-electron chi connectivity index (χ0n) is 12.1. The number of H-pyrrole nitrogens is 1. The van der Waals surface area contributed by atoms with Crippen LogP contribution in [0.5, 0.6) is 0 Å². The van der Waals surface area contributed by atoms with Gasteiger partial charge in [0.25, 0.3) is 11.5 Å². The number of carbonyl (C=O) groups is 2. The smallest absolute Gasteiger partial charge is 0.261 e. The van der Waals surface area contributed by atoms with Gasteiger partial charge in [-0.15, -0.1) is 12.4 Å². The van der Waals surface area contributed by atoms with Crippen LogP contribution in [0.4, 0.5) is 0 Å². The summed E-state index contributed by atoms with van der Waals surface area (Å²) in [6.07, 6.45) is 1.89. The average Bonchev–Trinajstić information content (AvgIpc) is 2.44. The highest BCUT2D eigenvalue weighted by Gasteiger charge is 2.21. The number of halogens is 1. The summed E-state index contributed by atoms with van der Waals surface area (Å²) in [6.45, 7) is 2.33. The highest BCUT2D eigenvalue weighted by molar-refractivity contribution is 6.01. The molecule has 116 valence electrons. The number of carbonyl (C=O) groups excluding carboxylic acids is 2. The Morgan fingerprint density at radius 3 is 2.76 bits per heavy atom. The Labute approximate surface area is 129 Å². The SMILES string of the molecule is CNC(C)CNC(=O)c1cc2c([nH]c1=O)CCCC2=O.Cl. The number of rotatable bonds is 4. The highest BCUT2D eigenvalue weighted by Crippen LogP contribution is 2.18. The van der Waals surface area contributed by atoms with Crippen molar-refractivity contribution in [2.24, 2.45) is 0 Å². The van der Waals surface area contributed by atoms with Crippen LogP contribution >= 0.6 is 12.4 Å². The number of hydrogen-bond donors (Lipinski definition) is 3. The lowest BCUT2D eigenvalue weighted by molar-refractivity contribution is 0.0949. The van der Waals surface area contributed by atoms with Gasteiger partial charge in [0.1, 0.15) is 5.56 Å². The minimum atomic E-state index is -0.450. The number of amides is 1. The molecule has 0 radical (unpaired) electrons. The molecule has 21 heavy (non-hydrogen) atoms. The molecular weight excluding hydrogens is 294 g/mol. The maximum atomic E-state index is 12.0. The molecule has 0 spiro atoms. The van der Waals surface area contributed by atoms with Crippen molar-refractivity contribution in [1.29, 1.82) is 0 Å². The highest BCUT2D eigenvalue weighted by atomic mass is 35.5. The van der Waals surface area contributed by atoms with Crippen molar-refractivity contribution < 1.29 is 9.59 Å². The monoisotopic (exact) mass is 313 g/mol. The summed E-state index contributed by atoms with van der Waals surface area (Å²) in [5, 5.41) is 5.67. The van der Waals surface area contributed by atoms with E-state index in [-0.39, 0.29) is 29.8 Å².